The van der Waals surface area contributed by atoms with Gasteiger partial charge in [-0.25, -0.2) is 0 Å². The molecule has 0 aliphatic heterocycles. The number of hydrogen-bond acceptors (Lipinski definition) is 4. The van der Waals surface area contributed by atoms with Crippen LogP contribution in [-0.4, -0.2) is 25.6 Å². The quantitative estimate of drug-likeness (QED) is 0.736. The Bertz CT molecular complexity index is 663. The average molecular weight is 361 g/mol. The molecule has 1 aromatic carbocycles. The molecule has 0 fully saturated rings. The lowest BCUT2D eigenvalue weighted by Crippen LogP contribution is -2.44. The van der Waals surface area contributed by atoms with Crippen LogP contribution in [0.3, 0.4) is 0 Å². The first-order valence-corrected chi connectivity index (χ1v) is 9.51. The molecule has 2 rings (SSSR count). The lowest BCUT2D eigenvalue weighted by atomic mass is 9.86. The van der Waals surface area contributed by atoms with E-state index in [9.17, 15) is 4.79 Å². The van der Waals surface area contributed by atoms with Gasteiger partial charge >= 0.3 is 0 Å². The topological polar surface area (TPSA) is 50.4 Å². The molecule has 0 unspecified atom stereocenters. The normalized spacial score (nSPS) is 12.5. The van der Waals surface area contributed by atoms with Crippen molar-refractivity contribution in [3.63, 3.8) is 0 Å². The van der Waals surface area contributed by atoms with Crippen molar-refractivity contribution in [3.8, 4) is 5.75 Å². The van der Waals surface area contributed by atoms with Crippen molar-refractivity contribution < 1.29 is 9.53 Å². The molecule has 1 amide bonds. The summed E-state index contributed by atoms with van der Waals surface area (Å²) in [4.78, 5) is 12.2. The van der Waals surface area contributed by atoms with Crippen molar-refractivity contribution in [2.75, 3.05) is 19.0 Å². The number of rotatable bonds is 8. The number of hydrogen-bond donors (Lipinski definition) is 2. The van der Waals surface area contributed by atoms with Crippen molar-refractivity contribution >= 4 is 22.9 Å². The summed E-state index contributed by atoms with van der Waals surface area (Å²) in [6.45, 7) is 7.09. The van der Waals surface area contributed by atoms with Crippen LogP contribution >= 0.6 is 11.3 Å². The van der Waals surface area contributed by atoms with Gasteiger partial charge in [-0.2, -0.15) is 11.3 Å². The molecule has 1 heterocycles. The molecule has 0 radical (unpaired) electrons. The molecule has 0 aliphatic rings. The molecule has 0 spiro atoms. The number of carbonyl (C=O) groups is 1. The van der Waals surface area contributed by atoms with E-state index in [4.69, 9.17) is 4.74 Å². The first-order valence-electron chi connectivity index (χ1n) is 8.57. The lowest BCUT2D eigenvalue weighted by molar-refractivity contribution is -0.121. The highest BCUT2D eigenvalue weighted by molar-refractivity contribution is 7.07. The van der Waals surface area contributed by atoms with Crippen LogP contribution in [0.4, 0.5) is 5.69 Å². The Kier molecular flexibility index (Phi) is 6.88. The van der Waals surface area contributed by atoms with Gasteiger partial charge in [0.1, 0.15) is 5.75 Å². The fourth-order valence-corrected chi connectivity index (χ4v) is 3.19. The third-order valence-electron chi connectivity index (χ3n) is 4.18. The number of nitrogens with one attached hydrogen (secondary N) is 2. The molecule has 25 heavy (non-hydrogen) atoms. The largest absolute Gasteiger partial charge is 0.497 e. The van der Waals surface area contributed by atoms with Gasteiger partial charge in [-0.05, 0) is 46.4 Å². The highest BCUT2D eigenvalue weighted by Gasteiger charge is 2.25. The number of anilines is 1. The van der Waals surface area contributed by atoms with Crippen LogP contribution in [-0.2, 0) is 11.2 Å². The number of aryl methyl sites for hydroxylation is 1. The molecule has 136 valence electrons. The van der Waals surface area contributed by atoms with Crippen LogP contribution in [0.2, 0.25) is 0 Å². The van der Waals surface area contributed by atoms with Gasteiger partial charge < -0.3 is 15.4 Å². The van der Waals surface area contributed by atoms with E-state index in [-0.39, 0.29) is 17.4 Å². The van der Waals surface area contributed by atoms with E-state index in [1.807, 2.05) is 29.6 Å². The van der Waals surface area contributed by atoms with Gasteiger partial charge in [0.05, 0.1) is 7.11 Å². The van der Waals surface area contributed by atoms with Gasteiger partial charge in [0.2, 0.25) is 5.91 Å². The molecule has 5 heteroatoms. The van der Waals surface area contributed by atoms with E-state index in [0.29, 0.717) is 13.0 Å². The summed E-state index contributed by atoms with van der Waals surface area (Å²) in [6, 6.07) is 10.0. The molecular weight excluding hydrogens is 332 g/mol. The predicted octanol–water partition coefficient (Wildman–Crippen LogP) is 4.33. The van der Waals surface area contributed by atoms with Gasteiger partial charge in [0.15, 0.2) is 0 Å². The second kappa shape index (κ2) is 8.90. The Hall–Kier alpha value is -2.01. The van der Waals surface area contributed by atoms with Gasteiger partial charge in [0.25, 0.3) is 0 Å². The minimum Gasteiger partial charge on any atom is -0.497 e. The molecule has 0 aliphatic carbocycles. The Morgan fingerprint density at radius 3 is 2.72 bits per heavy atom. The van der Waals surface area contributed by atoms with Crippen molar-refractivity contribution in [3.05, 3.63) is 46.7 Å². The maximum atomic E-state index is 12.2. The number of carbonyl (C=O) groups excluding carboxylic acids is 1. The monoisotopic (exact) mass is 360 g/mol. The highest BCUT2D eigenvalue weighted by atomic mass is 32.1. The second-order valence-electron chi connectivity index (χ2n) is 7.23. The zero-order valence-corrected chi connectivity index (χ0v) is 16.3. The lowest BCUT2D eigenvalue weighted by Gasteiger charge is -2.32. The van der Waals surface area contributed by atoms with Crippen LogP contribution in [0.1, 0.15) is 32.8 Å². The minimum atomic E-state index is 0.00369. The maximum Gasteiger partial charge on any atom is 0.220 e. The van der Waals surface area contributed by atoms with Crippen molar-refractivity contribution in [2.24, 2.45) is 5.41 Å². The molecule has 1 aromatic heterocycles. The number of ether oxygens (including phenoxy) is 1. The first-order chi connectivity index (χ1) is 11.9. The SMILES string of the molecule is COc1cccc(N[C@H](CNC(=O)CCc2ccsc2)C(C)(C)C)c1. The third-order valence-corrected chi connectivity index (χ3v) is 4.91. The summed E-state index contributed by atoms with van der Waals surface area (Å²) >= 11 is 1.67. The van der Waals surface area contributed by atoms with E-state index in [1.165, 1.54) is 5.56 Å². The first kappa shape index (κ1) is 19.3. The highest BCUT2D eigenvalue weighted by Crippen LogP contribution is 2.25. The zero-order valence-electron chi connectivity index (χ0n) is 15.5. The van der Waals surface area contributed by atoms with Gasteiger partial charge in [0, 0.05) is 30.8 Å². The van der Waals surface area contributed by atoms with Gasteiger partial charge in [-0.1, -0.05) is 26.8 Å². The molecule has 2 aromatic rings. The average Bonchev–Trinajstić information content (AvgIpc) is 3.09. The van der Waals surface area contributed by atoms with E-state index in [1.54, 1.807) is 18.4 Å². The fraction of sp³-hybridized carbons (Fsp3) is 0.450. The summed E-state index contributed by atoms with van der Waals surface area (Å²) in [5.74, 6) is 0.908. The third kappa shape index (κ3) is 6.42. The van der Waals surface area contributed by atoms with Crippen LogP contribution < -0.4 is 15.4 Å². The number of thiophene rings is 1. The van der Waals surface area contributed by atoms with Crippen LogP contribution in [0.15, 0.2) is 41.1 Å². The van der Waals surface area contributed by atoms with Crippen LogP contribution in [0.25, 0.3) is 0 Å². The maximum absolute atomic E-state index is 12.2. The standard InChI is InChI=1S/C20H28N2O2S/c1-20(2,3)18(22-16-6-5-7-17(12-16)24-4)13-21-19(23)9-8-15-10-11-25-14-15/h5-7,10-12,14,18,22H,8-9,13H2,1-4H3,(H,21,23)/t18-/m1/s1. The molecule has 2 N–H and O–H groups in total. The van der Waals surface area contributed by atoms with E-state index < -0.39 is 0 Å². The van der Waals surface area contributed by atoms with Gasteiger partial charge in [-0.3, -0.25) is 4.79 Å². The summed E-state index contributed by atoms with van der Waals surface area (Å²) in [5.41, 5.74) is 2.22. The molecule has 1 atom stereocenters. The van der Waals surface area contributed by atoms with Crippen LogP contribution in [0, 0.1) is 5.41 Å². The Morgan fingerprint density at radius 1 is 1.28 bits per heavy atom. The van der Waals surface area contributed by atoms with E-state index in [0.717, 1.165) is 17.9 Å². The second-order valence-corrected chi connectivity index (χ2v) is 8.01. The predicted molar refractivity (Wildman–Crippen MR) is 106 cm³/mol. The number of benzene rings is 1. The summed E-state index contributed by atoms with van der Waals surface area (Å²) < 4.78 is 5.28. The molecule has 0 bridgehead atoms. The van der Waals surface area contributed by atoms with Crippen molar-refractivity contribution in [1.29, 1.82) is 0 Å². The van der Waals surface area contributed by atoms with E-state index >= 15 is 0 Å². The summed E-state index contributed by atoms with van der Waals surface area (Å²) in [6.07, 6.45) is 1.31. The van der Waals surface area contributed by atoms with E-state index in [2.05, 4.69) is 42.9 Å². The number of amides is 1. The molecular formula is C20H28N2O2S. The summed E-state index contributed by atoms with van der Waals surface area (Å²) in [7, 11) is 1.66. The van der Waals surface area contributed by atoms with Crippen molar-refractivity contribution in [1.82, 2.24) is 5.32 Å². The number of methoxy groups -OCH3 is 1. The zero-order chi connectivity index (χ0) is 18.3. The molecule has 4 nitrogen and oxygen atoms in total. The summed E-state index contributed by atoms with van der Waals surface area (Å²) in [5, 5.41) is 10.7. The molecule has 0 saturated heterocycles. The fourth-order valence-electron chi connectivity index (χ4n) is 2.48. The smallest absolute Gasteiger partial charge is 0.220 e. The minimum absolute atomic E-state index is 0.00369. The van der Waals surface area contributed by atoms with Crippen molar-refractivity contribution in [2.45, 2.75) is 39.7 Å². The Balaban J connectivity index is 1.90. The van der Waals surface area contributed by atoms with Crippen LogP contribution in [0.5, 0.6) is 5.75 Å². The van der Waals surface area contributed by atoms with Gasteiger partial charge in [-0.15, -0.1) is 0 Å². The molecule has 0 saturated carbocycles. The Morgan fingerprint density at radius 2 is 2.08 bits per heavy atom. The Labute approximate surface area is 154 Å².